The number of rotatable bonds is 8. The highest BCUT2D eigenvalue weighted by Crippen LogP contribution is 2.35. The molecule has 0 bridgehead atoms. The number of unbranched alkanes of at least 4 members (excludes halogenated alkanes) is 3. The second kappa shape index (κ2) is 10.1. The molecule has 0 aliphatic heterocycles. The van der Waals surface area contributed by atoms with Crippen LogP contribution in [0.15, 0.2) is 66.9 Å². The molecular weight excluding hydrogens is 362 g/mol. The summed E-state index contributed by atoms with van der Waals surface area (Å²) in [6, 6.07) is 22.4. The van der Waals surface area contributed by atoms with Crippen molar-refractivity contribution in [3.05, 3.63) is 78.0 Å². The summed E-state index contributed by atoms with van der Waals surface area (Å²) in [6.45, 7) is 12.4. The molecule has 0 saturated heterocycles. The Morgan fingerprint density at radius 1 is 0.767 bits per heavy atom. The lowest BCUT2D eigenvalue weighted by atomic mass is 9.81. The van der Waals surface area contributed by atoms with E-state index in [1.807, 2.05) is 0 Å². The lowest BCUT2D eigenvalue weighted by Gasteiger charge is -2.23. The van der Waals surface area contributed by atoms with Gasteiger partial charge in [0, 0.05) is 11.6 Å². The van der Waals surface area contributed by atoms with Crippen molar-refractivity contribution in [3.63, 3.8) is 0 Å². The predicted molar refractivity (Wildman–Crippen MR) is 130 cm³/mol. The maximum absolute atomic E-state index is 2.44. The summed E-state index contributed by atoms with van der Waals surface area (Å²) < 4.78 is 2.44. The Morgan fingerprint density at radius 3 is 2.20 bits per heavy atom. The number of benzene rings is 2. The van der Waals surface area contributed by atoms with Crippen molar-refractivity contribution in [1.82, 2.24) is 0 Å². The van der Waals surface area contributed by atoms with Gasteiger partial charge in [-0.1, -0.05) is 89.4 Å². The molecule has 0 N–H and O–H groups in total. The highest BCUT2D eigenvalue weighted by Gasteiger charge is 2.24. The predicted octanol–water partition coefficient (Wildman–Crippen LogP) is 7.75. The minimum atomic E-state index is 0.0922. The van der Waals surface area contributed by atoms with Crippen LogP contribution in [0, 0.1) is 0 Å². The van der Waals surface area contributed by atoms with Crippen LogP contribution in [0.25, 0.3) is 22.4 Å². The molecule has 0 unspecified atom stereocenters. The first-order valence-electron chi connectivity index (χ1n) is 11.7. The van der Waals surface area contributed by atoms with Gasteiger partial charge in [0.2, 0.25) is 5.69 Å². The van der Waals surface area contributed by atoms with Crippen LogP contribution in [-0.4, -0.2) is 0 Å². The Hall–Kier alpha value is -2.41. The van der Waals surface area contributed by atoms with Crippen LogP contribution >= 0.6 is 0 Å². The summed E-state index contributed by atoms with van der Waals surface area (Å²) in [5.41, 5.74) is 8.17. The second-order valence-electron chi connectivity index (χ2n) is 9.40. The van der Waals surface area contributed by atoms with Gasteiger partial charge in [-0.15, -0.1) is 0 Å². The van der Waals surface area contributed by atoms with E-state index < -0.39 is 0 Å². The molecule has 0 atom stereocenters. The molecule has 2 aromatic carbocycles. The molecule has 0 aliphatic rings. The first-order valence-corrected chi connectivity index (χ1v) is 11.7. The number of aryl methyl sites for hydroxylation is 2. The molecule has 0 spiro atoms. The van der Waals surface area contributed by atoms with Gasteiger partial charge >= 0.3 is 0 Å². The molecule has 0 saturated carbocycles. The molecule has 1 heterocycles. The van der Waals surface area contributed by atoms with E-state index in [0.29, 0.717) is 0 Å². The fourth-order valence-corrected chi connectivity index (χ4v) is 4.22. The van der Waals surface area contributed by atoms with Gasteiger partial charge < -0.3 is 0 Å². The maximum atomic E-state index is 2.44. The molecule has 1 aromatic heterocycles. The number of aromatic nitrogens is 1. The van der Waals surface area contributed by atoms with Gasteiger partial charge in [-0.3, -0.25) is 0 Å². The van der Waals surface area contributed by atoms with Gasteiger partial charge in [0.05, 0.1) is 5.56 Å². The Morgan fingerprint density at radius 2 is 1.53 bits per heavy atom. The number of hydrogen-bond acceptors (Lipinski definition) is 0. The fraction of sp³-hybridized carbons (Fsp3) is 0.414. The lowest BCUT2D eigenvalue weighted by Crippen LogP contribution is -2.36. The average Bonchev–Trinajstić information content (AvgIpc) is 2.76. The zero-order valence-corrected chi connectivity index (χ0v) is 19.5. The Balaban J connectivity index is 2.04. The normalized spacial score (nSPS) is 11.6. The average molecular weight is 401 g/mol. The molecule has 30 heavy (non-hydrogen) atoms. The summed E-state index contributed by atoms with van der Waals surface area (Å²) in [5, 5.41) is 0. The highest BCUT2D eigenvalue weighted by molar-refractivity contribution is 5.73. The van der Waals surface area contributed by atoms with Gasteiger partial charge in [-0.25, -0.2) is 0 Å². The monoisotopic (exact) mass is 400 g/mol. The van der Waals surface area contributed by atoms with Gasteiger partial charge in [0.1, 0.15) is 6.54 Å². The molecule has 0 fully saturated rings. The van der Waals surface area contributed by atoms with Crippen molar-refractivity contribution in [2.75, 3.05) is 0 Å². The van der Waals surface area contributed by atoms with E-state index in [0.717, 1.165) is 6.54 Å². The summed E-state index contributed by atoms with van der Waals surface area (Å²) in [7, 11) is 0. The third-order valence-corrected chi connectivity index (χ3v) is 5.96. The Kier molecular flexibility index (Phi) is 7.48. The third-order valence-electron chi connectivity index (χ3n) is 5.96. The van der Waals surface area contributed by atoms with Gasteiger partial charge in [0.25, 0.3) is 0 Å². The number of hydrogen-bond donors (Lipinski definition) is 0. The first kappa shape index (κ1) is 22.3. The van der Waals surface area contributed by atoms with Gasteiger partial charge in [0.15, 0.2) is 6.20 Å². The first-order chi connectivity index (χ1) is 14.4. The number of nitrogens with zero attached hydrogens (tertiary/aromatic N) is 1. The van der Waals surface area contributed by atoms with Crippen LogP contribution in [0.5, 0.6) is 0 Å². The van der Waals surface area contributed by atoms with Crippen LogP contribution in [0.2, 0.25) is 0 Å². The molecular formula is C29H38N+. The molecule has 0 amide bonds. The SMILES string of the molecule is CCCCCCc1ccc(-c2cc(-c3ccccc3)ccc2C(C)(C)C)[n+](CC)c1. The van der Waals surface area contributed by atoms with Crippen molar-refractivity contribution >= 4 is 0 Å². The largest absolute Gasteiger partial charge is 0.212 e. The Bertz CT molecular complexity index is 948. The zero-order valence-electron chi connectivity index (χ0n) is 19.5. The molecule has 1 nitrogen and oxygen atoms in total. The van der Waals surface area contributed by atoms with E-state index in [9.17, 15) is 0 Å². The summed E-state index contributed by atoms with van der Waals surface area (Å²) in [6.07, 6.45) is 8.80. The van der Waals surface area contributed by atoms with Crippen LogP contribution in [0.1, 0.15) is 71.4 Å². The van der Waals surface area contributed by atoms with E-state index in [-0.39, 0.29) is 5.41 Å². The minimum absolute atomic E-state index is 0.0922. The fourth-order valence-electron chi connectivity index (χ4n) is 4.22. The van der Waals surface area contributed by atoms with Crippen LogP contribution in [-0.2, 0) is 18.4 Å². The van der Waals surface area contributed by atoms with Crippen LogP contribution < -0.4 is 4.57 Å². The highest BCUT2D eigenvalue weighted by atomic mass is 14.9. The van der Waals surface area contributed by atoms with Crippen molar-refractivity contribution < 1.29 is 4.57 Å². The van der Waals surface area contributed by atoms with Crippen LogP contribution in [0.3, 0.4) is 0 Å². The van der Waals surface area contributed by atoms with Crippen molar-refractivity contribution in [2.24, 2.45) is 0 Å². The third kappa shape index (κ3) is 5.39. The Labute approximate surface area is 183 Å². The molecule has 0 aliphatic carbocycles. The molecule has 158 valence electrons. The van der Waals surface area contributed by atoms with E-state index in [4.69, 9.17) is 0 Å². The van der Waals surface area contributed by atoms with E-state index in [1.165, 1.54) is 65.6 Å². The van der Waals surface area contributed by atoms with Gasteiger partial charge in [-0.2, -0.15) is 4.57 Å². The summed E-state index contributed by atoms with van der Waals surface area (Å²) >= 11 is 0. The molecule has 3 rings (SSSR count). The molecule has 3 aromatic rings. The van der Waals surface area contributed by atoms with Crippen LogP contribution in [0.4, 0.5) is 0 Å². The summed E-state index contributed by atoms with van der Waals surface area (Å²) in [4.78, 5) is 0. The quantitative estimate of drug-likeness (QED) is 0.269. The van der Waals surface area contributed by atoms with Crippen molar-refractivity contribution in [1.29, 1.82) is 0 Å². The lowest BCUT2D eigenvalue weighted by molar-refractivity contribution is -0.683. The van der Waals surface area contributed by atoms with Crippen molar-refractivity contribution in [2.45, 2.75) is 78.7 Å². The smallest absolute Gasteiger partial charge is 0.198 e. The summed E-state index contributed by atoms with van der Waals surface area (Å²) in [5.74, 6) is 0. The molecule has 0 radical (unpaired) electrons. The zero-order chi connectivity index (χ0) is 21.6. The minimum Gasteiger partial charge on any atom is -0.198 e. The topological polar surface area (TPSA) is 3.88 Å². The van der Waals surface area contributed by atoms with Gasteiger partial charge in [-0.05, 0) is 54.0 Å². The number of pyridine rings is 1. The van der Waals surface area contributed by atoms with E-state index in [1.54, 1.807) is 0 Å². The van der Waals surface area contributed by atoms with E-state index >= 15 is 0 Å². The maximum Gasteiger partial charge on any atom is 0.212 e. The van der Waals surface area contributed by atoms with E-state index in [2.05, 4.69) is 106 Å². The second-order valence-corrected chi connectivity index (χ2v) is 9.40. The standard InChI is InChI=1S/C29H38N/c1-6-8-9-11-14-23-17-20-28(30(7-2)22-23)26-21-25(24-15-12-10-13-16-24)18-19-27(26)29(3,4)5/h10,12-13,15-22H,6-9,11,14H2,1-5H3/q+1. The van der Waals surface area contributed by atoms with Crippen molar-refractivity contribution in [3.8, 4) is 22.4 Å². The molecule has 1 heteroatoms.